The molecule has 2 aromatic rings. The minimum absolute atomic E-state index is 0.0291. The Labute approximate surface area is 154 Å². The fourth-order valence-corrected chi connectivity index (χ4v) is 3.33. The lowest BCUT2D eigenvalue weighted by Gasteiger charge is -2.27. The SMILES string of the molecule is CCCn1ccnc1[C@@H]1CC(=O)Nc2cc(NC(=O)C(C)C)c(C)cc21. The van der Waals surface area contributed by atoms with Crippen molar-refractivity contribution in [2.45, 2.75) is 53.0 Å². The molecule has 6 heteroatoms. The molecular weight excluding hydrogens is 328 g/mol. The predicted octanol–water partition coefficient (Wildman–Crippen LogP) is 3.67. The van der Waals surface area contributed by atoms with Crippen LogP contribution in [0.25, 0.3) is 0 Å². The van der Waals surface area contributed by atoms with E-state index in [4.69, 9.17) is 0 Å². The minimum atomic E-state index is -0.103. The van der Waals surface area contributed by atoms with Gasteiger partial charge in [0.1, 0.15) is 5.82 Å². The van der Waals surface area contributed by atoms with E-state index in [-0.39, 0.29) is 23.7 Å². The molecule has 1 aromatic carbocycles. The Hall–Kier alpha value is -2.63. The Kier molecular flexibility index (Phi) is 5.11. The van der Waals surface area contributed by atoms with Crippen molar-refractivity contribution in [1.29, 1.82) is 0 Å². The van der Waals surface area contributed by atoms with Crippen LogP contribution in [0.1, 0.15) is 56.5 Å². The van der Waals surface area contributed by atoms with E-state index in [1.165, 1.54) is 0 Å². The van der Waals surface area contributed by atoms with Gasteiger partial charge in [0.25, 0.3) is 0 Å². The first-order chi connectivity index (χ1) is 12.4. The van der Waals surface area contributed by atoms with Crippen LogP contribution >= 0.6 is 0 Å². The van der Waals surface area contributed by atoms with Crippen molar-refractivity contribution in [3.05, 3.63) is 41.5 Å². The summed E-state index contributed by atoms with van der Waals surface area (Å²) in [6, 6.07) is 3.92. The summed E-state index contributed by atoms with van der Waals surface area (Å²) < 4.78 is 2.12. The zero-order valence-electron chi connectivity index (χ0n) is 15.8. The van der Waals surface area contributed by atoms with Gasteiger partial charge in [-0.05, 0) is 30.5 Å². The molecule has 0 spiro atoms. The lowest BCUT2D eigenvalue weighted by molar-refractivity contribution is -0.119. The van der Waals surface area contributed by atoms with Crippen molar-refractivity contribution in [1.82, 2.24) is 9.55 Å². The van der Waals surface area contributed by atoms with E-state index < -0.39 is 0 Å². The van der Waals surface area contributed by atoms with Gasteiger partial charge in [-0.15, -0.1) is 0 Å². The molecule has 138 valence electrons. The maximum Gasteiger partial charge on any atom is 0.226 e. The monoisotopic (exact) mass is 354 g/mol. The zero-order chi connectivity index (χ0) is 18.8. The number of amides is 2. The van der Waals surface area contributed by atoms with Crippen molar-refractivity contribution in [3.8, 4) is 0 Å². The summed E-state index contributed by atoms with van der Waals surface area (Å²) >= 11 is 0. The number of hydrogen-bond acceptors (Lipinski definition) is 3. The summed E-state index contributed by atoms with van der Waals surface area (Å²) in [6.07, 6.45) is 5.15. The molecule has 0 unspecified atom stereocenters. The number of fused-ring (bicyclic) bond motifs is 1. The third-order valence-electron chi connectivity index (χ3n) is 4.74. The maximum atomic E-state index is 12.3. The third-order valence-corrected chi connectivity index (χ3v) is 4.74. The number of aromatic nitrogens is 2. The van der Waals surface area contributed by atoms with Gasteiger partial charge in [-0.1, -0.05) is 26.8 Å². The van der Waals surface area contributed by atoms with E-state index in [0.29, 0.717) is 6.42 Å². The molecular formula is C20H26N4O2. The highest BCUT2D eigenvalue weighted by Crippen LogP contribution is 2.39. The van der Waals surface area contributed by atoms with Crippen LogP contribution in [0.3, 0.4) is 0 Å². The first-order valence-electron chi connectivity index (χ1n) is 9.17. The molecule has 3 rings (SSSR count). The molecule has 0 bridgehead atoms. The topological polar surface area (TPSA) is 76.0 Å². The van der Waals surface area contributed by atoms with Crippen LogP contribution in [0.4, 0.5) is 11.4 Å². The average molecular weight is 354 g/mol. The Morgan fingerprint density at radius 1 is 1.42 bits per heavy atom. The van der Waals surface area contributed by atoms with Crippen molar-refractivity contribution in [3.63, 3.8) is 0 Å². The number of nitrogens with zero attached hydrogens (tertiary/aromatic N) is 2. The number of carbonyl (C=O) groups excluding carboxylic acids is 2. The Morgan fingerprint density at radius 2 is 2.19 bits per heavy atom. The minimum Gasteiger partial charge on any atom is -0.334 e. The summed E-state index contributed by atoms with van der Waals surface area (Å²) in [4.78, 5) is 28.9. The molecule has 0 radical (unpaired) electrons. The number of nitrogens with one attached hydrogen (secondary N) is 2. The largest absolute Gasteiger partial charge is 0.334 e. The van der Waals surface area contributed by atoms with Gasteiger partial charge in [0, 0.05) is 42.7 Å². The summed E-state index contributed by atoms with van der Waals surface area (Å²) in [5.41, 5.74) is 3.52. The first kappa shape index (κ1) is 18.2. The van der Waals surface area contributed by atoms with E-state index in [2.05, 4.69) is 33.2 Å². The highest BCUT2D eigenvalue weighted by Gasteiger charge is 2.30. The van der Waals surface area contributed by atoms with Gasteiger partial charge < -0.3 is 15.2 Å². The molecule has 1 aliphatic rings. The second-order valence-corrected chi connectivity index (χ2v) is 7.18. The van der Waals surface area contributed by atoms with Gasteiger partial charge in [-0.25, -0.2) is 4.98 Å². The van der Waals surface area contributed by atoms with Gasteiger partial charge in [0.2, 0.25) is 11.8 Å². The fourth-order valence-electron chi connectivity index (χ4n) is 3.33. The van der Waals surface area contributed by atoms with Crippen LogP contribution in [-0.4, -0.2) is 21.4 Å². The first-order valence-corrected chi connectivity index (χ1v) is 9.17. The Balaban J connectivity index is 2.01. The van der Waals surface area contributed by atoms with Crippen LogP contribution in [0.5, 0.6) is 0 Å². The second kappa shape index (κ2) is 7.32. The van der Waals surface area contributed by atoms with Crippen LogP contribution in [0, 0.1) is 12.8 Å². The Morgan fingerprint density at radius 3 is 2.88 bits per heavy atom. The molecule has 0 fully saturated rings. The summed E-state index contributed by atoms with van der Waals surface area (Å²) in [7, 11) is 0. The van der Waals surface area contributed by atoms with E-state index in [9.17, 15) is 9.59 Å². The van der Waals surface area contributed by atoms with E-state index in [1.54, 1.807) is 6.20 Å². The second-order valence-electron chi connectivity index (χ2n) is 7.18. The maximum absolute atomic E-state index is 12.3. The molecule has 26 heavy (non-hydrogen) atoms. The molecule has 1 aromatic heterocycles. The highest BCUT2D eigenvalue weighted by molar-refractivity contribution is 5.98. The summed E-state index contributed by atoms with van der Waals surface area (Å²) in [5, 5.41) is 5.89. The average Bonchev–Trinajstić information content (AvgIpc) is 3.03. The smallest absolute Gasteiger partial charge is 0.226 e. The number of hydrogen-bond donors (Lipinski definition) is 2. The van der Waals surface area contributed by atoms with Gasteiger partial charge >= 0.3 is 0 Å². The van der Waals surface area contributed by atoms with Gasteiger partial charge in [-0.2, -0.15) is 0 Å². The number of carbonyl (C=O) groups is 2. The van der Waals surface area contributed by atoms with Crippen LogP contribution in [0.2, 0.25) is 0 Å². The lowest BCUT2D eigenvalue weighted by Crippen LogP contribution is -2.26. The molecule has 1 aliphatic heterocycles. The molecule has 0 aliphatic carbocycles. The third kappa shape index (κ3) is 3.49. The normalized spacial score (nSPS) is 16.3. The standard InChI is InChI=1S/C20H26N4O2/c1-5-7-24-8-6-21-19(24)15-10-18(25)22-17-11-16(13(4)9-14(15)17)23-20(26)12(2)3/h6,8-9,11-12,15H,5,7,10H2,1-4H3,(H,22,25)(H,23,26)/t15-/m1/s1. The highest BCUT2D eigenvalue weighted by atomic mass is 16.2. The van der Waals surface area contributed by atoms with Crippen molar-refractivity contribution >= 4 is 23.2 Å². The van der Waals surface area contributed by atoms with E-state index >= 15 is 0 Å². The summed E-state index contributed by atoms with van der Waals surface area (Å²) in [5.74, 6) is 0.674. The van der Waals surface area contributed by atoms with Gasteiger partial charge in [0.05, 0.1) is 5.92 Å². The predicted molar refractivity (Wildman–Crippen MR) is 102 cm³/mol. The molecule has 0 saturated carbocycles. The Bertz CT molecular complexity index is 838. The number of aryl methyl sites for hydroxylation is 2. The lowest BCUT2D eigenvalue weighted by atomic mass is 9.88. The summed E-state index contributed by atoms with van der Waals surface area (Å²) in [6.45, 7) is 8.69. The number of rotatable bonds is 5. The van der Waals surface area contributed by atoms with E-state index in [1.807, 2.05) is 33.0 Å². The number of anilines is 2. The zero-order valence-corrected chi connectivity index (χ0v) is 15.8. The number of benzene rings is 1. The van der Waals surface area contributed by atoms with Crippen LogP contribution in [0.15, 0.2) is 24.5 Å². The molecule has 1 atom stereocenters. The number of imidazole rings is 1. The molecule has 2 heterocycles. The van der Waals surface area contributed by atoms with Crippen molar-refractivity contribution < 1.29 is 9.59 Å². The van der Waals surface area contributed by atoms with Crippen LogP contribution < -0.4 is 10.6 Å². The van der Waals surface area contributed by atoms with Gasteiger partial charge in [-0.3, -0.25) is 9.59 Å². The fraction of sp³-hybridized carbons (Fsp3) is 0.450. The molecule has 2 N–H and O–H groups in total. The quantitative estimate of drug-likeness (QED) is 0.860. The van der Waals surface area contributed by atoms with Gasteiger partial charge in [0.15, 0.2) is 0 Å². The van der Waals surface area contributed by atoms with Crippen molar-refractivity contribution in [2.24, 2.45) is 5.92 Å². The molecule has 2 amide bonds. The van der Waals surface area contributed by atoms with E-state index in [0.717, 1.165) is 41.3 Å². The molecule has 0 saturated heterocycles. The van der Waals surface area contributed by atoms with Crippen molar-refractivity contribution in [2.75, 3.05) is 10.6 Å². The van der Waals surface area contributed by atoms with Crippen LogP contribution in [-0.2, 0) is 16.1 Å². The molecule has 6 nitrogen and oxygen atoms in total.